The highest BCUT2D eigenvalue weighted by atomic mass is 31.2. The van der Waals surface area contributed by atoms with Crippen LogP contribution in [-0.4, -0.2) is 61.6 Å². The summed E-state index contributed by atoms with van der Waals surface area (Å²) >= 11 is 0. The van der Waals surface area contributed by atoms with Crippen molar-refractivity contribution < 1.29 is 37.4 Å². The number of aliphatic hydroxyl groups excluding tert-OH is 1. The quantitative estimate of drug-likeness (QED) is 0.0220. The summed E-state index contributed by atoms with van der Waals surface area (Å²) in [5.74, 6) is 2.09. The third kappa shape index (κ3) is 11.6. The zero-order valence-corrected chi connectivity index (χ0v) is 33.1. The van der Waals surface area contributed by atoms with E-state index in [1.807, 2.05) is 30.3 Å². The molecule has 5 rings (SSSR count). The molecule has 3 heterocycles. The van der Waals surface area contributed by atoms with Crippen LogP contribution in [0.4, 0.5) is 10.2 Å². The number of halogens is 1. The Bertz CT molecular complexity index is 1920. The molecule has 1 aliphatic heterocycles. The van der Waals surface area contributed by atoms with Crippen LogP contribution >= 0.6 is 7.75 Å². The van der Waals surface area contributed by atoms with Gasteiger partial charge in [0, 0.05) is 6.42 Å². The molecular weight excluding hydrogens is 738 g/mol. The summed E-state index contributed by atoms with van der Waals surface area (Å²) in [5.41, 5.74) is 4.95. The number of carbonyl (C=O) groups is 1. The average Bonchev–Trinajstić information content (AvgIpc) is 3.77. The molecule has 1 aliphatic rings. The highest BCUT2D eigenvalue weighted by Gasteiger charge is 2.50. The molecule has 4 aromatic rings. The number of terminal acetylenes is 1. The van der Waals surface area contributed by atoms with E-state index in [9.17, 15) is 18.9 Å². The maximum Gasteiger partial charge on any atom is 0.459 e. The highest BCUT2D eigenvalue weighted by molar-refractivity contribution is 7.52. The summed E-state index contributed by atoms with van der Waals surface area (Å²) in [4.78, 5) is 25.5. The number of nitrogens with zero attached hydrogens (tertiary/aromatic N) is 4. The monoisotopic (exact) mass is 792 g/mol. The van der Waals surface area contributed by atoms with Crippen molar-refractivity contribution in [1.29, 1.82) is 0 Å². The Morgan fingerprint density at radius 2 is 1.73 bits per heavy atom. The first-order chi connectivity index (χ1) is 27.1. The molecule has 0 aliphatic carbocycles. The van der Waals surface area contributed by atoms with E-state index in [1.54, 1.807) is 30.3 Å². The summed E-state index contributed by atoms with van der Waals surface area (Å²) in [7, 11) is -4.50. The average molecular weight is 793 g/mol. The molecular formula is C41H54FN6O7P. The summed E-state index contributed by atoms with van der Waals surface area (Å²) in [6.07, 6.45) is 14.8. The molecule has 4 N–H and O–H groups in total. The molecule has 0 radical (unpaired) electrons. The van der Waals surface area contributed by atoms with Crippen molar-refractivity contribution in [3.05, 3.63) is 78.6 Å². The number of hydrogen-bond acceptors (Lipinski definition) is 11. The molecule has 0 bridgehead atoms. The Morgan fingerprint density at radius 1 is 1.07 bits per heavy atom. The first kappa shape index (κ1) is 42.8. The number of ether oxygens (including phenoxy) is 2. The highest BCUT2D eigenvalue weighted by Crippen LogP contribution is 2.48. The molecule has 15 heteroatoms. The lowest BCUT2D eigenvalue weighted by Gasteiger charge is -2.30. The van der Waals surface area contributed by atoms with E-state index in [1.165, 1.54) is 10.9 Å². The number of rotatable bonds is 23. The SMILES string of the molecule is C#C[C@]1(CO[P@@](=O)(N[C@@H](Cc2ccccc2)C(=O)OCC(CCCCCC)CCCCCC)Oc2ccccc2)O[C@@H](n2cnc3c(N)nc(F)nc32)C[C@@H]1O. The molecule has 13 nitrogen and oxygen atoms in total. The minimum absolute atomic E-state index is 0.0344. The lowest BCUT2D eigenvalue weighted by molar-refractivity contribution is -0.147. The Morgan fingerprint density at radius 3 is 2.38 bits per heavy atom. The van der Waals surface area contributed by atoms with Gasteiger partial charge >= 0.3 is 19.8 Å². The Balaban J connectivity index is 1.37. The van der Waals surface area contributed by atoms with Crippen molar-refractivity contribution in [2.75, 3.05) is 18.9 Å². The number of aliphatic hydroxyl groups is 1. The van der Waals surface area contributed by atoms with Crippen molar-refractivity contribution >= 4 is 30.7 Å². The van der Waals surface area contributed by atoms with Gasteiger partial charge < -0.3 is 24.8 Å². The molecule has 0 saturated carbocycles. The molecule has 2 aromatic carbocycles. The summed E-state index contributed by atoms with van der Waals surface area (Å²) < 4.78 is 54.6. The third-order valence-electron chi connectivity index (χ3n) is 9.98. The number of unbranched alkanes of at least 4 members (excludes halogenated alkanes) is 6. The fourth-order valence-corrected chi connectivity index (χ4v) is 8.31. The maximum absolute atomic E-state index is 14.9. The predicted molar refractivity (Wildman–Crippen MR) is 212 cm³/mol. The van der Waals surface area contributed by atoms with Crippen molar-refractivity contribution in [2.45, 2.75) is 115 Å². The van der Waals surface area contributed by atoms with E-state index in [0.29, 0.717) is 0 Å². The number of imidazole rings is 1. The molecule has 2 aromatic heterocycles. The van der Waals surface area contributed by atoms with Gasteiger partial charge in [0.2, 0.25) is 0 Å². The maximum atomic E-state index is 14.9. The van der Waals surface area contributed by atoms with E-state index < -0.39 is 50.4 Å². The van der Waals surface area contributed by atoms with Crippen molar-refractivity contribution in [2.24, 2.45) is 5.92 Å². The van der Waals surface area contributed by atoms with Crippen LogP contribution in [0.15, 0.2) is 67.0 Å². The zero-order valence-electron chi connectivity index (χ0n) is 32.2. The van der Waals surface area contributed by atoms with Gasteiger partial charge in [-0.25, -0.2) is 9.55 Å². The summed E-state index contributed by atoms with van der Waals surface area (Å²) in [5, 5.41) is 14.2. The van der Waals surface area contributed by atoms with Gasteiger partial charge in [0.25, 0.3) is 0 Å². The van der Waals surface area contributed by atoms with Gasteiger partial charge in [0.05, 0.1) is 12.9 Å². The number of aromatic nitrogens is 4. The van der Waals surface area contributed by atoms with Crippen molar-refractivity contribution in [3.63, 3.8) is 0 Å². The third-order valence-corrected chi connectivity index (χ3v) is 11.5. The molecule has 5 atom stereocenters. The van der Waals surface area contributed by atoms with Crippen LogP contribution < -0.4 is 15.3 Å². The van der Waals surface area contributed by atoms with Crippen molar-refractivity contribution in [3.8, 4) is 18.1 Å². The van der Waals surface area contributed by atoms with Gasteiger partial charge in [-0.3, -0.25) is 13.9 Å². The molecule has 1 fully saturated rings. The van der Waals surface area contributed by atoms with Gasteiger partial charge in [-0.1, -0.05) is 120 Å². The number of carbonyl (C=O) groups excluding carboxylic acids is 1. The van der Waals surface area contributed by atoms with Crippen molar-refractivity contribution in [1.82, 2.24) is 24.6 Å². The topological polar surface area (TPSA) is 173 Å². The second-order valence-electron chi connectivity index (χ2n) is 14.3. The first-order valence-corrected chi connectivity index (χ1v) is 21.1. The van der Waals surface area contributed by atoms with Crippen LogP contribution in [-0.2, 0) is 29.8 Å². The van der Waals surface area contributed by atoms with E-state index in [0.717, 1.165) is 69.8 Å². The number of anilines is 1. The largest absolute Gasteiger partial charge is 0.464 e. The first-order valence-electron chi connectivity index (χ1n) is 19.5. The van der Waals surface area contributed by atoms with Gasteiger partial charge in [-0.05, 0) is 42.9 Å². The number of nitrogen functional groups attached to an aromatic ring is 1. The van der Waals surface area contributed by atoms with E-state index in [2.05, 4.69) is 39.8 Å². The Kier molecular flexibility index (Phi) is 15.8. The zero-order chi connectivity index (χ0) is 40.0. The second-order valence-corrected chi connectivity index (χ2v) is 16.0. The molecule has 0 unspecified atom stereocenters. The van der Waals surface area contributed by atoms with Crippen LogP contribution in [0.1, 0.15) is 96.3 Å². The number of esters is 1. The van der Waals surface area contributed by atoms with Crippen LogP contribution in [0, 0.1) is 24.3 Å². The predicted octanol–water partition coefficient (Wildman–Crippen LogP) is 7.70. The molecule has 1 saturated heterocycles. The smallest absolute Gasteiger partial charge is 0.459 e. The fraction of sp³-hybridized carbons (Fsp3) is 0.512. The van der Waals surface area contributed by atoms with Gasteiger partial charge in [-0.2, -0.15) is 19.4 Å². The van der Waals surface area contributed by atoms with Gasteiger partial charge in [-0.15, -0.1) is 6.42 Å². The van der Waals surface area contributed by atoms with E-state index in [-0.39, 0.29) is 48.1 Å². The number of nitrogens with one attached hydrogen (secondary N) is 1. The number of hydrogen-bond donors (Lipinski definition) is 3. The summed E-state index contributed by atoms with van der Waals surface area (Å²) in [6, 6.07) is 16.5. The number of benzene rings is 2. The van der Waals surface area contributed by atoms with Crippen LogP contribution in [0.25, 0.3) is 11.2 Å². The lowest BCUT2D eigenvalue weighted by Crippen LogP contribution is -2.44. The Hall–Kier alpha value is -4.38. The normalized spacial score (nSPS) is 19.8. The molecule has 56 heavy (non-hydrogen) atoms. The molecule has 0 amide bonds. The summed E-state index contributed by atoms with van der Waals surface area (Å²) in [6.45, 7) is 3.97. The van der Waals surface area contributed by atoms with Gasteiger partial charge in [0.1, 0.15) is 30.7 Å². The second kappa shape index (κ2) is 20.7. The van der Waals surface area contributed by atoms with Crippen LogP contribution in [0.2, 0.25) is 0 Å². The fourth-order valence-electron chi connectivity index (χ4n) is 6.79. The molecule has 302 valence electrons. The standard InChI is InChI=1S/C41H54FN6O7P/c1-4-7-9-13-21-31(22-14-10-8-5-2)27-52-39(50)33(25-30-19-15-11-16-20-30)47-56(51,55-32-23-17-12-18-24-32)53-28-41(6-3)34(49)26-35(54-41)48-29-44-36-37(43)45-40(42)46-38(36)48/h3,11-12,15-20,23-24,29,31,33-35,49H,4-5,7-10,13-14,21-22,25-28H2,1-2H3,(H,47,51)(H2,43,45,46)/t33-,34-,35+,41+,56-/m0/s1. The minimum Gasteiger partial charge on any atom is -0.464 e. The van der Waals surface area contributed by atoms with E-state index in [4.69, 9.17) is 30.7 Å². The number of fused-ring (bicyclic) bond motifs is 1. The van der Waals surface area contributed by atoms with E-state index >= 15 is 0 Å². The lowest BCUT2D eigenvalue weighted by atomic mass is 9.95. The van der Waals surface area contributed by atoms with Crippen LogP contribution in [0.3, 0.4) is 0 Å². The van der Waals surface area contributed by atoms with Crippen LogP contribution in [0.5, 0.6) is 5.75 Å². The molecule has 0 spiro atoms. The number of para-hydroxylation sites is 1. The minimum atomic E-state index is -4.50. The number of nitrogens with two attached hydrogens (primary N) is 1. The van der Waals surface area contributed by atoms with Gasteiger partial charge in [0.15, 0.2) is 22.6 Å². The Labute approximate surface area is 328 Å².